The van der Waals surface area contributed by atoms with Gasteiger partial charge in [-0.3, -0.25) is 14.5 Å². The molecule has 0 bridgehead atoms. The molecule has 0 radical (unpaired) electrons. The first-order valence-corrected chi connectivity index (χ1v) is 11.3. The molecule has 0 aliphatic carbocycles. The van der Waals surface area contributed by atoms with E-state index in [0.29, 0.717) is 46.5 Å². The van der Waals surface area contributed by atoms with Crippen LogP contribution in [0.5, 0.6) is 11.5 Å². The second kappa shape index (κ2) is 10.0. The minimum atomic E-state index is -0.864. The molecule has 1 saturated heterocycles. The predicted octanol–water partition coefficient (Wildman–Crippen LogP) is 5.76. The third-order valence-corrected chi connectivity index (χ3v) is 5.69. The van der Waals surface area contributed by atoms with Crippen LogP contribution in [-0.2, 0) is 9.59 Å². The Kier molecular flexibility index (Phi) is 6.89. The summed E-state index contributed by atoms with van der Waals surface area (Å²) < 4.78 is 11.1. The minimum absolute atomic E-state index is 0.0187. The molecule has 1 unspecified atom stereocenters. The van der Waals surface area contributed by atoms with Gasteiger partial charge in [0.2, 0.25) is 0 Å². The average molecular weight is 478 g/mol. The summed E-state index contributed by atoms with van der Waals surface area (Å²) in [5.41, 5.74) is 1.46. The smallest absolute Gasteiger partial charge is 0.300 e. The van der Waals surface area contributed by atoms with E-state index in [1.165, 1.54) is 4.90 Å². The monoisotopic (exact) mass is 477 g/mol. The fourth-order valence-corrected chi connectivity index (χ4v) is 4.21. The number of hydrogen-bond donors (Lipinski definition) is 1. The zero-order valence-corrected chi connectivity index (χ0v) is 19.6. The number of aliphatic hydroxyl groups is 1. The standard InChI is InChI=1S/C27H24ClNO5/c1-3-33-21-13-11-20(12-14-21)29-24(17-7-6-10-22(16-17)34-4-2)23(26(31)27(29)32)25(30)18-8-5-9-19(28)15-18/h5-16,24,30H,3-4H2,1-2H3/b25-23-. The van der Waals surface area contributed by atoms with E-state index in [1.54, 1.807) is 72.8 Å². The van der Waals surface area contributed by atoms with Gasteiger partial charge in [-0.15, -0.1) is 0 Å². The van der Waals surface area contributed by atoms with Crippen LogP contribution in [0.15, 0.2) is 78.4 Å². The highest BCUT2D eigenvalue weighted by atomic mass is 35.5. The number of halogens is 1. The van der Waals surface area contributed by atoms with Crippen LogP contribution < -0.4 is 14.4 Å². The Balaban J connectivity index is 1.90. The fraction of sp³-hybridized carbons (Fsp3) is 0.185. The summed E-state index contributed by atoms with van der Waals surface area (Å²) in [5, 5.41) is 11.6. The number of carbonyl (C=O) groups is 2. The Hall–Kier alpha value is -3.77. The molecule has 1 aliphatic heterocycles. The third-order valence-electron chi connectivity index (χ3n) is 5.45. The first-order chi connectivity index (χ1) is 16.4. The Bertz CT molecular complexity index is 1250. The molecule has 7 heteroatoms. The topological polar surface area (TPSA) is 76.1 Å². The van der Waals surface area contributed by atoms with Crippen LogP contribution in [-0.4, -0.2) is 30.0 Å². The van der Waals surface area contributed by atoms with Crippen LogP contribution >= 0.6 is 11.6 Å². The predicted molar refractivity (Wildman–Crippen MR) is 131 cm³/mol. The van der Waals surface area contributed by atoms with Crippen molar-refractivity contribution in [2.75, 3.05) is 18.1 Å². The van der Waals surface area contributed by atoms with Crippen molar-refractivity contribution in [1.82, 2.24) is 0 Å². The van der Waals surface area contributed by atoms with Gasteiger partial charge >= 0.3 is 0 Å². The maximum absolute atomic E-state index is 13.3. The quantitative estimate of drug-likeness (QED) is 0.266. The SMILES string of the molecule is CCOc1ccc(N2C(=O)C(=O)/C(=C(\O)c3cccc(Cl)c3)C2c2cccc(OCC)c2)cc1. The largest absolute Gasteiger partial charge is 0.507 e. The van der Waals surface area contributed by atoms with E-state index in [0.717, 1.165) is 0 Å². The summed E-state index contributed by atoms with van der Waals surface area (Å²) in [7, 11) is 0. The Labute approximate surface area is 203 Å². The lowest BCUT2D eigenvalue weighted by atomic mass is 9.95. The zero-order valence-electron chi connectivity index (χ0n) is 18.8. The van der Waals surface area contributed by atoms with E-state index < -0.39 is 17.7 Å². The lowest BCUT2D eigenvalue weighted by Crippen LogP contribution is -2.29. The molecule has 1 aliphatic rings. The molecule has 1 atom stereocenters. The summed E-state index contributed by atoms with van der Waals surface area (Å²) in [6.45, 7) is 4.73. The molecule has 0 aromatic heterocycles. The van der Waals surface area contributed by atoms with Gasteiger partial charge in [-0.25, -0.2) is 0 Å². The summed E-state index contributed by atoms with van der Waals surface area (Å²) in [4.78, 5) is 27.9. The molecule has 1 fully saturated rings. The maximum Gasteiger partial charge on any atom is 0.300 e. The van der Waals surface area contributed by atoms with Crippen molar-refractivity contribution in [1.29, 1.82) is 0 Å². The molecule has 3 aromatic rings. The van der Waals surface area contributed by atoms with Crippen LogP contribution in [0.2, 0.25) is 5.02 Å². The Morgan fingerprint density at radius 1 is 0.912 bits per heavy atom. The van der Waals surface area contributed by atoms with E-state index in [2.05, 4.69) is 0 Å². The van der Waals surface area contributed by atoms with Crippen molar-refractivity contribution < 1.29 is 24.2 Å². The van der Waals surface area contributed by atoms with Gasteiger partial charge in [0, 0.05) is 16.3 Å². The summed E-state index contributed by atoms with van der Waals surface area (Å²) in [5.74, 6) is -0.560. The number of amides is 1. The summed E-state index contributed by atoms with van der Waals surface area (Å²) >= 11 is 6.11. The number of Topliss-reactive ketones (excluding diaryl/α,β-unsaturated/α-hetero) is 1. The third kappa shape index (κ3) is 4.50. The van der Waals surface area contributed by atoms with Crippen LogP contribution in [0.1, 0.15) is 31.0 Å². The lowest BCUT2D eigenvalue weighted by Gasteiger charge is -2.26. The normalized spacial score (nSPS) is 17.1. The van der Waals surface area contributed by atoms with E-state index in [4.69, 9.17) is 21.1 Å². The van der Waals surface area contributed by atoms with Gasteiger partial charge in [0.05, 0.1) is 24.8 Å². The van der Waals surface area contributed by atoms with Gasteiger partial charge in [0.1, 0.15) is 17.3 Å². The highest BCUT2D eigenvalue weighted by Gasteiger charge is 2.47. The van der Waals surface area contributed by atoms with Gasteiger partial charge in [0.15, 0.2) is 0 Å². The minimum Gasteiger partial charge on any atom is -0.507 e. The van der Waals surface area contributed by atoms with Crippen LogP contribution in [0, 0.1) is 0 Å². The van der Waals surface area contributed by atoms with Crippen LogP contribution in [0.25, 0.3) is 5.76 Å². The number of benzene rings is 3. The van der Waals surface area contributed by atoms with E-state index in [9.17, 15) is 14.7 Å². The van der Waals surface area contributed by atoms with Gasteiger partial charge < -0.3 is 14.6 Å². The number of carbonyl (C=O) groups excluding carboxylic acids is 2. The number of ketones is 1. The number of rotatable bonds is 7. The maximum atomic E-state index is 13.3. The van der Waals surface area contributed by atoms with Crippen molar-refractivity contribution in [2.45, 2.75) is 19.9 Å². The highest BCUT2D eigenvalue weighted by Crippen LogP contribution is 2.43. The molecule has 4 rings (SSSR count). The molecule has 174 valence electrons. The van der Waals surface area contributed by atoms with Crippen molar-refractivity contribution in [3.05, 3.63) is 94.5 Å². The van der Waals surface area contributed by atoms with Crippen molar-refractivity contribution in [3.8, 4) is 11.5 Å². The highest BCUT2D eigenvalue weighted by molar-refractivity contribution is 6.51. The second-order valence-corrected chi connectivity index (χ2v) is 8.05. The van der Waals surface area contributed by atoms with Crippen molar-refractivity contribution in [3.63, 3.8) is 0 Å². The number of aliphatic hydroxyl groups excluding tert-OH is 1. The fourth-order valence-electron chi connectivity index (χ4n) is 4.02. The first-order valence-electron chi connectivity index (χ1n) is 11.0. The molecule has 1 N–H and O–H groups in total. The molecular weight excluding hydrogens is 454 g/mol. The van der Waals surface area contributed by atoms with E-state index in [-0.39, 0.29) is 11.3 Å². The average Bonchev–Trinajstić information content (AvgIpc) is 3.10. The van der Waals surface area contributed by atoms with Gasteiger partial charge in [-0.1, -0.05) is 35.9 Å². The molecular formula is C27H24ClNO5. The van der Waals surface area contributed by atoms with Crippen molar-refractivity contribution >= 4 is 34.7 Å². The van der Waals surface area contributed by atoms with E-state index in [1.807, 2.05) is 13.8 Å². The molecule has 0 saturated carbocycles. The van der Waals surface area contributed by atoms with Crippen LogP contribution in [0.4, 0.5) is 5.69 Å². The molecule has 6 nitrogen and oxygen atoms in total. The van der Waals surface area contributed by atoms with E-state index >= 15 is 0 Å². The number of ether oxygens (including phenoxy) is 2. The van der Waals surface area contributed by atoms with Gasteiger partial charge in [-0.2, -0.15) is 0 Å². The lowest BCUT2D eigenvalue weighted by molar-refractivity contribution is -0.132. The molecule has 34 heavy (non-hydrogen) atoms. The van der Waals surface area contributed by atoms with Gasteiger partial charge in [-0.05, 0) is 67.9 Å². The zero-order chi connectivity index (χ0) is 24.2. The first kappa shape index (κ1) is 23.4. The molecule has 3 aromatic carbocycles. The Morgan fingerprint density at radius 3 is 2.26 bits per heavy atom. The number of hydrogen-bond acceptors (Lipinski definition) is 5. The number of anilines is 1. The summed E-state index contributed by atoms with van der Waals surface area (Å²) in [6, 6.07) is 19.7. The second-order valence-electron chi connectivity index (χ2n) is 7.61. The van der Waals surface area contributed by atoms with Gasteiger partial charge in [0.25, 0.3) is 11.7 Å². The summed E-state index contributed by atoms with van der Waals surface area (Å²) in [6.07, 6.45) is 0. The molecule has 1 heterocycles. The Morgan fingerprint density at radius 2 is 1.59 bits per heavy atom. The van der Waals surface area contributed by atoms with Crippen LogP contribution in [0.3, 0.4) is 0 Å². The van der Waals surface area contributed by atoms with Crippen molar-refractivity contribution in [2.24, 2.45) is 0 Å². The molecule has 0 spiro atoms. The number of nitrogens with zero attached hydrogens (tertiary/aromatic N) is 1. The molecule has 1 amide bonds.